The minimum atomic E-state index is -0.144. The van der Waals surface area contributed by atoms with Crippen LogP contribution in [0.2, 0.25) is 0 Å². The molecule has 1 aliphatic heterocycles. The van der Waals surface area contributed by atoms with Gasteiger partial charge in [-0.05, 0) is 30.5 Å². The number of anilines is 1. The lowest BCUT2D eigenvalue weighted by Gasteiger charge is -2.33. The Hall–Kier alpha value is -2.65. The number of rotatable bonds is 4. The van der Waals surface area contributed by atoms with Crippen LogP contribution in [0.3, 0.4) is 0 Å². The quantitative estimate of drug-likeness (QED) is 0.892. The summed E-state index contributed by atoms with van der Waals surface area (Å²) in [5.41, 5.74) is 1.63. The zero-order chi connectivity index (χ0) is 16.1. The lowest BCUT2D eigenvalue weighted by Crippen LogP contribution is -2.47. The molecule has 1 fully saturated rings. The molecule has 2 aromatic rings. The number of nitrogens with one attached hydrogen (secondary N) is 2. The van der Waals surface area contributed by atoms with Gasteiger partial charge in [0.25, 0.3) is 5.56 Å². The number of aromatic nitrogens is 2. The van der Waals surface area contributed by atoms with E-state index < -0.39 is 0 Å². The molecule has 3 rings (SSSR count). The zero-order valence-corrected chi connectivity index (χ0v) is 12.8. The summed E-state index contributed by atoms with van der Waals surface area (Å²) in [4.78, 5) is 20.8. The predicted octanol–water partition coefficient (Wildman–Crippen LogP) is 1.40. The highest BCUT2D eigenvalue weighted by atomic mass is 16.1. The van der Waals surface area contributed by atoms with Gasteiger partial charge in [-0.3, -0.25) is 4.79 Å². The fraction of sp³-hybridized carbons (Fsp3) is 0.353. The molecule has 1 aromatic carbocycles. The van der Waals surface area contributed by atoms with Gasteiger partial charge in [0.2, 0.25) is 0 Å². The second-order valence-corrected chi connectivity index (χ2v) is 5.72. The van der Waals surface area contributed by atoms with E-state index in [0.29, 0.717) is 24.0 Å². The zero-order valence-electron chi connectivity index (χ0n) is 12.8. The summed E-state index contributed by atoms with van der Waals surface area (Å²) in [6.07, 6.45) is 5.25. The van der Waals surface area contributed by atoms with E-state index in [1.54, 1.807) is 18.5 Å². The number of aromatic amines is 1. The van der Waals surface area contributed by atoms with Crippen molar-refractivity contribution in [3.8, 4) is 6.07 Å². The van der Waals surface area contributed by atoms with E-state index in [9.17, 15) is 4.79 Å². The van der Waals surface area contributed by atoms with Gasteiger partial charge in [-0.1, -0.05) is 12.1 Å². The number of benzene rings is 1. The Morgan fingerprint density at radius 1 is 1.48 bits per heavy atom. The minimum Gasteiger partial charge on any atom is -0.350 e. The molecule has 0 spiro atoms. The molecule has 2 N–H and O–H groups in total. The average molecular weight is 309 g/mol. The Balaban J connectivity index is 1.62. The van der Waals surface area contributed by atoms with Crippen molar-refractivity contribution in [2.24, 2.45) is 0 Å². The molecular formula is C17H19N5O. The normalized spacial score (nSPS) is 17.7. The summed E-state index contributed by atoms with van der Waals surface area (Å²) in [6, 6.07) is 10.1. The van der Waals surface area contributed by atoms with E-state index in [0.717, 1.165) is 31.5 Å². The van der Waals surface area contributed by atoms with Crippen LogP contribution in [-0.4, -0.2) is 29.1 Å². The number of piperidine rings is 1. The largest absolute Gasteiger partial charge is 0.350 e. The van der Waals surface area contributed by atoms with Crippen molar-refractivity contribution in [2.75, 3.05) is 18.0 Å². The molecule has 0 bridgehead atoms. The van der Waals surface area contributed by atoms with E-state index in [1.165, 1.54) is 0 Å². The number of nitrogens with zero attached hydrogens (tertiary/aromatic N) is 3. The number of H-pyrrole nitrogens is 1. The van der Waals surface area contributed by atoms with Crippen molar-refractivity contribution in [3.05, 3.63) is 58.1 Å². The Kier molecular flexibility index (Phi) is 4.69. The van der Waals surface area contributed by atoms with Gasteiger partial charge in [0, 0.05) is 38.1 Å². The summed E-state index contributed by atoms with van der Waals surface area (Å²) < 4.78 is 0. The molecule has 0 radical (unpaired) electrons. The molecule has 1 aromatic heterocycles. The highest BCUT2D eigenvalue weighted by Gasteiger charge is 2.22. The van der Waals surface area contributed by atoms with Crippen LogP contribution in [0.15, 0.2) is 41.5 Å². The van der Waals surface area contributed by atoms with Gasteiger partial charge in [0.1, 0.15) is 0 Å². The van der Waals surface area contributed by atoms with Crippen molar-refractivity contribution in [1.29, 1.82) is 5.26 Å². The SMILES string of the molecule is N#Cc1cccc(CN[C@@H]2CCCN(c3ncc[nH]c3=O)C2)c1. The van der Waals surface area contributed by atoms with Crippen LogP contribution >= 0.6 is 0 Å². The third kappa shape index (κ3) is 3.76. The van der Waals surface area contributed by atoms with Gasteiger partial charge in [0.05, 0.1) is 11.6 Å². The van der Waals surface area contributed by atoms with E-state index >= 15 is 0 Å². The number of hydrogen-bond donors (Lipinski definition) is 2. The summed E-state index contributed by atoms with van der Waals surface area (Å²) in [6.45, 7) is 2.33. The van der Waals surface area contributed by atoms with Crippen molar-refractivity contribution in [3.63, 3.8) is 0 Å². The first-order valence-electron chi connectivity index (χ1n) is 7.77. The molecule has 2 heterocycles. The molecule has 1 atom stereocenters. The van der Waals surface area contributed by atoms with Crippen molar-refractivity contribution in [1.82, 2.24) is 15.3 Å². The van der Waals surface area contributed by atoms with Crippen LogP contribution in [0.25, 0.3) is 0 Å². The molecule has 23 heavy (non-hydrogen) atoms. The van der Waals surface area contributed by atoms with Crippen molar-refractivity contribution in [2.45, 2.75) is 25.4 Å². The average Bonchev–Trinajstić information content (AvgIpc) is 2.61. The van der Waals surface area contributed by atoms with Crippen molar-refractivity contribution < 1.29 is 0 Å². The Morgan fingerprint density at radius 3 is 3.22 bits per heavy atom. The molecule has 0 unspecified atom stereocenters. The van der Waals surface area contributed by atoms with Gasteiger partial charge < -0.3 is 15.2 Å². The summed E-state index contributed by atoms with van der Waals surface area (Å²) in [5.74, 6) is 0.491. The predicted molar refractivity (Wildman–Crippen MR) is 88.1 cm³/mol. The first kappa shape index (κ1) is 15.3. The Morgan fingerprint density at radius 2 is 2.39 bits per heavy atom. The fourth-order valence-corrected chi connectivity index (χ4v) is 2.92. The molecule has 0 aliphatic carbocycles. The summed E-state index contributed by atoms with van der Waals surface area (Å²) in [5, 5.41) is 12.5. The molecule has 1 saturated heterocycles. The molecule has 1 aliphatic rings. The molecular weight excluding hydrogens is 290 g/mol. The maximum Gasteiger partial charge on any atom is 0.290 e. The van der Waals surface area contributed by atoms with E-state index in [1.807, 2.05) is 23.1 Å². The maximum atomic E-state index is 11.9. The smallest absolute Gasteiger partial charge is 0.290 e. The molecule has 118 valence electrons. The van der Waals surface area contributed by atoms with Crippen LogP contribution < -0.4 is 15.8 Å². The highest BCUT2D eigenvalue weighted by molar-refractivity contribution is 5.36. The fourth-order valence-electron chi connectivity index (χ4n) is 2.92. The first-order valence-corrected chi connectivity index (χ1v) is 7.77. The third-order valence-corrected chi connectivity index (χ3v) is 4.06. The molecule has 0 amide bonds. The van der Waals surface area contributed by atoms with Crippen molar-refractivity contribution >= 4 is 5.82 Å². The number of hydrogen-bond acceptors (Lipinski definition) is 5. The van der Waals surface area contributed by atoms with Crippen LogP contribution in [0.1, 0.15) is 24.0 Å². The molecule has 6 nitrogen and oxygen atoms in total. The lowest BCUT2D eigenvalue weighted by molar-refractivity contribution is 0.419. The summed E-state index contributed by atoms with van der Waals surface area (Å²) in [7, 11) is 0. The molecule has 0 saturated carbocycles. The monoisotopic (exact) mass is 309 g/mol. The third-order valence-electron chi connectivity index (χ3n) is 4.06. The van der Waals surface area contributed by atoms with Gasteiger partial charge in [0.15, 0.2) is 5.82 Å². The summed E-state index contributed by atoms with van der Waals surface area (Å²) >= 11 is 0. The van der Waals surface area contributed by atoms with Crippen LogP contribution in [0, 0.1) is 11.3 Å². The molecule has 6 heteroatoms. The standard InChI is InChI=1S/C17H19N5O/c18-10-13-3-1-4-14(9-13)11-21-15-5-2-8-22(12-15)16-17(23)20-7-6-19-16/h1,3-4,6-7,9,15,21H,2,5,8,11-12H2,(H,20,23)/t15-/m1/s1. The highest BCUT2D eigenvalue weighted by Crippen LogP contribution is 2.15. The van der Waals surface area contributed by atoms with Crippen LogP contribution in [0.5, 0.6) is 0 Å². The van der Waals surface area contributed by atoms with Gasteiger partial charge in [-0.15, -0.1) is 0 Å². The topological polar surface area (TPSA) is 84.8 Å². The maximum absolute atomic E-state index is 11.9. The Bertz CT molecular complexity index is 764. The van der Waals surface area contributed by atoms with E-state index in [4.69, 9.17) is 5.26 Å². The second-order valence-electron chi connectivity index (χ2n) is 5.72. The second kappa shape index (κ2) is 7.07. The number of nitriles is 1. The van der Waals surface area contributed by atoms with Gasteiger partial charge in [-0.2, -0.15) is 5.26 Å². The van der Waals surface area contributed by atoms with Gasteiger partial charge >= 0.3 is 0 Å². The van der Waals surface area contributed by atoms with Gasteiger partial charge in [-0.25, -0.2) is 4.98 Å². The van der Waals surface area contributed by atoms with E-state index in [2.05, 4.69) is 21.4 Å². The van der Waals surface area contributed by atoms with Crippen LogP contribution in [-0.2, 0) is 6.54 Å². The minimum absolute atomic E-state index is 0.144. The Labute approximate surface area is 134 Å². The van der Waals surface area contributed by atoms with Crippen LogP contribution in [0.4, 0.5) is 5.82 Å². The van der Waals surface area contributed by atoms with E-state index in [-0.39, 0.29) is 5.56 Å². The first-order chi connectivity index (χ1) is 11.3. The lowest BCUT2D eigenvalue weighted by atomic mass is 10.0.